The van der Waals surface area contributed by atoms with Crippen LogP contribution in [0.15, 0.2) is 41.1 Å². The van der Waals surface area contributed by atoms with Crippen molar-refractivity contribution in [2.24, 2.45) is 0 Å². The first-order valence-corrected chi connectivity index (χ1v) is 6.27. The van der Waals surface area contributed by atoms with Crippen LogP contribution in [0.25, 0.3) is 11.4 Å². The molecule has 0 bridgehead atoms. The van der Waals surface area contributed by atoms with Gasteiger partial charge in [0, 0.05) is 12.1 Å². The van der Waals surface area contributed by atoms with Crippen LogP contribution in [0.1, 0.15) is 11.6 Å². The van der Waals surface area contributed by atoms with Crippen LogP contribution < -0.4 is 5.32 Å². The van der Waals surface area contributed by atoms with E-state index in [1.165, 1.54) is 0 Å². The minimum atomic E-state index is 0.413. The molecule has 0 aliphatic heterocycles. The van der Waals surface area contributed by atoms with Crippen molar-refractivity contribution in [2.75, 3.05) is 7.05 Å². The molecule has 0 unspecified atom stereocenters. The predicted molar refractivity (Wildman–Crippen MR) is 71.6 cm³/mol. The van der Waals surface area contributed by atoms with Crippen LogP contribution in [0.4, 0.5) is 0 Å². The maximum Gasteiger partial charge on any atom is 0.248 e. The van der Waals surface area contributed by atoms with E-state index >= 15 is 0 Å². The van der Waals surface area contributed by atoms with Gasteiger partial charge in [-0.25, -0.2) is 4.68 Å². The fraction of sp³-hybridized carbons (Fsp3) is 0.231. The molecule has 3 aromatic rings. The summed E-state index contributed by atoms with van der Waals surface area (Å²) < 4.78 is 6.90. The highest BCUT2D eigenvalue weighted by Crippen LogP contribution is 2.14. The molecule has 3 rings (SSSR count). The Bertz CT molecular complexity index is 675. The quantitative estimate of drug-likeness (QED) is 0.747. The maximum absolute atomic E-state index is 5.23. The zero-order valence-electron chi connectivity index (χ0n) is 11.0. The van der Waals surface area contributed by atoms with E-state index in [0.717, 1.165) is 11.3 Å². The predicted octanol–water partition coefficient (Wildman–Crippen LogP) is 1.10. The van der Waals surface area contributed by atoms with Gasteiger partial charge in [-0.15, -0.1) is 5.10 Å². The molecule has 0 aliphatic carbocycles. The lowest BCUT2D eigenvalue weighted by Gasteiger charge is -1.93. The summed E-state index contributed by atoms with van der Waals surface area (Å²) >= 11 is 0. The Balaban J connectivity index is 1.73. The second-order valence-corrected chi connectivity index (χ2v) is 4.32. The highest BCUT2D eigenvalue weighted by atomic mass is 16.5. The molecule has 7 heteroatoms. The molecule has 0 spiro atoms. The monoisotopic (exact) mass is 270 g/mol. The highest BCUT2D eigenvalue weighted by molar-refractivity contribution is 5.53. The Kier molecular flexibility index (Phi) is 3.51. The van der Waals surface area contributed by atoms with E-state index in [2.05, 4.69) is 25.8 Å². The third kappa shape index (κ3) is 2.72. The van der Waals surface area contributed by atoms with Crippen LogP contribution in [0, 0.1) is 0 Å². The molecular formula is C13H14N6O. The van der Waals surface area contributed by atoms with Crippen LogP contribution in [0.5, 0.6) is 0 Å². The first-order chi connectivity index (χ1) is 9.85. The summed E-state index contributed by atoms with van der Waals surface area (Å²) in [4.78, 5) is 4.35. The SMILES string of the molecule is CNCc1cn(Cc2nc(-c3ccccc3)no2)nn1. The molecule has 0 amide bonds. The van der Waals surface area contributed by atoms with Crippen molar-refractivity contribution in [2.45, 2.75) is 13.1 Å². The van der Waals surface area contributed by atoms with Gasteiger partial charge >= 0.3 is 0 Å². The standard InChI is InChI=1S/C13H14N6O/c1-14-7-11-8-19(18-16-11)9-12-15-13(17-20-12)10-5-3-2-4-6-10/h2-6,8,14H,7,9H2,1H3. The van der Waals surface area contributed by atoms with Gasteiger partial charge in [0.2, 0.25) is 11.7 Å². The largest absolute Gasteiger partial charge is 0.337 e. The van der Waals surface area contributed by atoms with E-state index in [1.54, 1.807) is 4.68 Å². The van der Waals surface area contributed by atoms with Gasteiger partial charge in [-0.1, -0.05) is 40.7 Å². The van der Waals surface area contributed by atoms with Crippen molar-refractivity contribution in [3.8, 4) is 11.4 Å². The summed E-state index contributed by atoms with van der Waals surface area (Å²) in [6.45, 7) is 1.09. The number of rotatable bonds is 5. The van der Waals surface area contributed by atoms with Gasteiger partial charge in [0.1, 0.15) is 6.54 Å². The molecule has 0 aliphatic rings. The summed E-state index contributed by atoms with van der Waals surface area (Å²) in [5, 5.41) is 15.0. The molecular weight excluding hydrogens is 256 g/mol. The summed E-state index contributed by atoms with van der Waals surface area (Å²) in [7, 11) is 1.86. The number of hydrogen-bond donors (Lipinski definition) is 1. The van der Waals surface area contributed by atoms with Crippen molar-refractivity contribution in [1.82, 2.24) is 30.5 Å². The summed E-state index contributed by atoms with van der Waals surface area (Å²) in [6, 6.07) is 9.70. The first-order valence-electron chi connectivity index (χ1n) is 6.27. The number of benzene rings is 1. The van der Waals surface area contributed by atoms with Crippen LogP contribution in [0.3, 0.4) is 0 Å². The Hall–Kier alpha value is -2.54. The zero-order valence-corrected chi connectivity index (χ0v) is 11.0. The van der Waals surface area contributed by atoms with Gasteiger partial charge in [0.15, 0.2) is 0 Å². The molecule has 0 atom stereocenters. The highest BCUT2D eigenvalue weighted by Gasteiger charge is 2.09. The second kappa shape index (κ2) is 5.62. The van der Waals surface area contributed by atoms with Crippen molar-refractivity contribution >= 4 is 0 Å². The van der Waals surface area contributed by atoms with Crippen molar-refractivity contribution in [3.05, 3.63) is 48.1 Å². The molecule has 0 fully saturated rings. The lowest BCUT2D eigenvalue weighted by atomic mass is 10.2. The maximum atomic E-state index is 5.23. The Morgan fingerprint density at radius 2 is 2.10 bits per heavy atom. The minimum Gasteiger partial charge on any atom is -0.337 e. The van der Waals surface area contributed by atoms with E-state index in [4.69, 9.17) is 4.52 Å². The third-order valence-electron chi connectivity index (χ3n) is 2.74. The Morgan fingerprint density at radius 1 is 1.25 bits per heavy atom. The molecule has 102 valence electrons. The molecule has 1 N–H and O–H groups in total. The Labute approximate surface area is 115 Å². The number of aromatic nitrogens is 5. The Morgan fingerprint density at radius 3 is 2.90 bits per heavy atom. The molecule has 2 heterocycles. The molecule has 2 aromatic heterocycles. The van der Waals surface area contributed by atoms with Gasteiger partial charge in [0.25, 0.3) is 0 Å². The van der Waals surface area contributed by atoms with E-state index in [9.17, 15) is 0 Å². The van der Waals surface area contributed by atoms with Gasteiger partial charge < -0.3 is 9.84 Å². The third-order valence-corrected chi connectivity index (χ3v) is 2.74. The van der Waals surface area contributed by atoms with E-state index in [0.29, 0.717) is 24.8 Å². The average Bonchev–Trinajstić information content (AvgIpc) is 3.11. The molecule has 1 aromatic carbocycles. The van der Waals surface area contributed by atoms with Crippen molar-refractivity contribution < 1.29 is 4.52 Å². The fourth-order valence-electron chi connectivity index (χ4n) is 1.84. The van der Waals surface area contributed by atoms with Gasteiger partial charge in [-0.3, -0.25) is 0 Å². The molecule has 0 saturated heterocycles. The smallest absolute Gasteiger partial charge is 0.248 e. The fourth-order valence-corrected chi connectivity index (χ4v) is 1.84. The molecule has 0 radical (unpaired) electrons. The van der Waals surface area contributed by atoms with Crippen LogP contribution >= 0.6 is 0 Å². The number of nitrogens with zero attached hydrogens (tertiary/aromatic N) is 5. The first kappa shape index (κ1) is 12.5. The summed E-state index contributed by atoms with van der Waals surface area (Å²) in [5.74, 6) is 1.08. The van der Waals surface area contributed by atoms with Gasteiger partial charge in [-0.2, -0.15) is 4.98 Å². The lowest BCUT2D eigenvalue weighted by Crippen LogP contribution is -2.05. The summed E-state index contributed by atoms with van der Waals surface area (Å²) in [6.07, 6.45) is 1.85. The number of hydrogen-bond acceptors (Lipinski definition) is 6. The van der Waals surface area contributed by atoms with Crippen LogP contribution in [0.2, 0.25) is 0 Å². The van der Waals surface area contributed by atoms with E-state index in [-0.39, 0.29) is 0 Å². The average molecular weight is 270 g/mol. The second-order valence-electron chi connectivity index (χ2n) is 4.32. The lowest BCUT2D eigenvalue weighted by molar-refractivity contribution is 0.364. The number of nitrogens with one attached hydrogen (secondary N) is 1. The molecule has 20 heavy (non-hydrogen) atoms. The van der Waals surface area contributed by atoms with Crippen LogP contribution in [-0.4, -0.2) is 32.2 Å². The van der Waals surface area contributed by atoms with E-state index in [1.807, 2.05) is 43.6 Å². The zero-order chi connectivity index (χ0) is 13.8. The normalized spacial score (nSPS) is 10.8. The van der Waals surface area contributed by atoms with Gasteiger partial charge in [-0.05, 0) is 7.05 Å². The molecule has 7 nitrogen and oxygen atoms in total. The van der Waals surface area contributed by atoms with E-state index < -0.39 is 0 Å². The molecule has 0 saturated carbocycles. The topological polar surface area (TPSA) is 81.7 Å². The van der Waals surface area contributed by atoms with Crippen LogP contribution in [-0.2, 0) is 13.1 Å². The van der Waals surface area contributed by atoms with Gasteiger partial charge in [0.05, 0.1) is 11.9 Å². The van der Waals surface area contributed by atoms with Crippen molar-refractivity contribution in [3.63, 3.8) is 0 Å². The summed E-state index contributed by atoms with van der Waals surface area (Å²) in [5.41, 5.74) is 1.80. The minimum absolute atomic E-state index is 0.413. The van der Waals surface area contributed by atoms with Crippen molar-refractivity contribution in [1.29, 1.82) is 0 Å².